The molecule has 0 bridgehead atoms. The van der Waals surface area contributed by atoms with Crippen LogP contribution in [0, 0.1) is 22.0 Å². The van der Waals surface area contributed by atoms with Crippen molar-refractivity contribution in [1.29, 1.82) is 0 Å². The van der Waals surface area contributed by atoms with Crippen LogP contribution in [0.2, 0.25) is 0 Å². The van der Waals surface area contributed by atoms with E-state index < -0.39 is 17.3 Å². The van der Waals surface area contributed by atoms with E-state index in [0.717, 1.165) is 63.1 Å². The van der Waals surface area contributed by atoms with Crippen LogP contribution in [-0.4, -0.2) is 131 Å². The highest BCUT2D eigenvalue weighted by atomic mass is 16.9. The number of fused-ring (bicyclic) bond motifs is 1. The summed E-state index contributed by atoms with van der Waals surface area (Å²) in [6, 6.07) is 8.52. The normalized spacial score (nSPS) is 25.4. The van der Waals surface area contributed by atoms with Crippen molar-refractivity contribution in [2.45, 2.75) is 109 Å². The lowest BCUT2D eigenvalue weighted by molar-refractivity contribution is -0.757. The van der Waals surface area contributed by atoms with Crippen molar-refractivity contribution in [3.63, 3.8) is 0 Å². The number of methoxy groups -OCH3 is 1. The SMILES string of the molecule is CCCC(=O)OC1CN(C(=O)CCCO[N+](=O)[O-])CC(OCC2CCC3OCCN(CCCOC)C3C2)C1c1ccc(COCC(C)COCC)cc1. The van der Waals surface area contributed by atoms with Crippen molar-refractivity contribution in [3.8, 4) is 0 Å². The zero-order chi connectivity index (χ0) is 38.0. The van der Waals surface area contributed by atoms with Crippen LogP contribution in [0.4, 0.5) is 0 Å². The molecule has 300 valence electrons. The summed E-state index contributed by atoms with van der Waals surface area (Å²) >= 11 is 0. The molecule has 4 rings (SSSR count). The van der Waals surface area contributed by atoms with Gasteiger partial charge in [0.05, 0.1) is 57.7 Å². The van der Waals surface area contributed by atoms with E-state index >= 15 is 0 Å². The largest absolute Gasteiger partial charge is 0.460 e. The topological polar surface area (TPSA) is 148 Å². The maximum absolute atomic E-state index is 13.5. The number of esters is 1. The number of carbonyl (C=O) groups is 2. The predicted molar refractivity (Wildman–Crippen MR) is 197 cm³/mol. The van der Waals surface area contributed by atoms with Gasteiger partial charge in [0.1, 0.15) is 6.10 Å². The Bertz CT molecular complexity index is 1240. The number of ether oxygens (including phenoxy) is 6. The molecule has 1 amide bonds. The highest BCUT2D eigenvalue weighted by Gasteiger charge is 2.43. The molecule has 3 fully saturated rings. The van der Waals surface area contributed by atoms with Crippen LogP contribution in [-0.2, 0) is 49.5 Å². The molecule has 53 heavy (non-hydrogen) atoms. The fourth-order valence-corrected chi connectivity index (χ4v) is 7.78. The van der Waals surface area contributed by atoms with Crippen LogP contribution in [0.3, 0.4) is 0 Å². The number of likely N-dealkylation sites (tertiary alicyclic amines) is 1. The number of nitrogens with zero attached hydrogens (tertiary/aromatic N) is 3. The third-order valence-electron chi connectivity index (χ3n) is 10.4. The first-order chi connectivity index (χ1) is 25.7. The summed E-state index contributed by atoms with van der Waals surface area (Å²) in [4.78, 5) is 45.8. The van der Waals surface area contributed by atoms with E-state index in [1.54, 1.807) is 12.0 Å². The van der Waals surface area contributed by atoms with Crippen LogP contribution < -0.4 is 0 Å². The lowest BCUT2D eigenvalue weighted by Gasteiger charge is -2.47. The quantitative estimate of drug-likeness (QED) is 0.0656. The van der Waals surface area contributed by atoms with Crippen LogP contribution in [0.1, 0.15) is 89.2 Å². The second kappa shape index (κ2) is 23.1. The third kappa shape index (κ3) is 14.0. The van der Waals surface area contributed by atoms with Gasteiger partial charge in [0, 0.05) is 71.4 Å². The number of morpholine rings is 1. The summed E-state index contributed by atoms with van der Waals surface area (Å²) in [6.45, 7) is 12.6. The Labute approximate surface area is 315 Å². The number of rotatable bonds is 23. The average molecular weight is 750 g/mol. The van der Waals surface area contributed by atoms with E-state index in [-0.39, 0.29) is 56.3 Å². The maximum Gasteiger partial charge on any atom is 0.306 e. The number of hydrogen-bond acceptors (Lipinski definition) is 12. The van der Waals surface area contributed by atoms with Gasteiger partial charge in [-0.3, -0.25) is 14.5 Å². The van der Waals surface area contributed by atoms with Gasteiger partial charge >= 0.3 is 5.97 Å². The fourth-order valence-electron chi connectivity index (χ4n) is 7.78. The number of amides is 1. The molecule has 1 aromatic rings. The van der Waals surface area contributed by atoms with Gasteiger partial charge in [-0.15, -0.1) is 10.1 Å². The van der Waals surface area contributed by atoms with Gasteiger partial charge in [0.25, 0.3) is 5.09 Å². The molecule has 0 spiro atoms. The molecule has 2 heterocycles. The summed E-state index contributed by atoms with van der Waals surface area (Å²) in [5, 5.41) is 9.79. The summed E-state index contributed by atoms with van der Waals surface area (Å²) < 4.78 is 36.0. The van der Waals surface area contributed by atoms with Crippen molar-refractivity contribution in [2.75, 3.05) is 79.5 Å². The lowest BCUT2D eigenvalue weighted by atomic mass is 9.81. The summed E-state index contributed by atoms with van der Waals surface area (Å²) in [7, 11) is 1.74. The van der Waals surface area contributed by atoms with Gasteiger partial charge in [0.2, 0.25) is 5.91 Å². The Kier molecular flexibility index (Phi) is 18.7. The van der Waals surface area contributed by atoms with Gasteiger partial charge < -0.3 is 38.2 Å². The summed E-state index contributed by atoms with van der Waals surface area (Å²) in [6.07, 6.45) is 4.21. The van der Waals surface area contributed by atoms with E-state index in [0.29, 0.717) is 63.9 Å². The molecule has 1 aliphatic carbocycles. The molecule has 0 aromatic heterocycles. The first-order valence-corrected chi connectivity index (χ1v) is 19.7. The number of benzene rings is 1. The van der Waals surface area contributed by atoms with E-state index in [1.807, 2.05) is 26.0 Å². The van der Waals surface area contributed by atoms with Crippen molar-refractivity contribution < 1.29 is 47.9 Å². The van der Waals surface area contributed by atoms with Crippen LogP contribution in [0.15, 0.2) is 24.3 Å². The Hall–Kier alpha value is -2.88. The van der Waals surface area contributed by atoms with Gasteiger partial charge in [-0.05, 0) is 62.5 Å². The molecule has 7 unspecified atom stereocenters. The number of carbonyl (C=O) groups excluding carboxylic acids is 2. The van der Waals surface area contributed by atoms with Crippen molar-refractivity contribution >= 4 is 11.9 Å². The van der Waals surface area contributed by atoms with E-state index in [2.05, 4.69) is 28.8 Å². The Morgan fingerprint density at radius 1 is 1.02 bits per heavy atom. The number of piperidine rings is 1. The molecule has 2 saturated heterocycles. The number of hydrogen-bond donors (Lipinski definition) is 0. The van der Waals surface area contributed by atoms with Gasteiger partial charge in [0.15, 0.2) is 0 Å². The predicted octanol–water partition coefficient (Wildman–Crippen LogP) is 4.79. The first-order valence-electron chi connectivity index (χ1n) is 19.7. The Morgan fingerprint density at radius 2 is 1.79 bits per heavy atom. The maximum atomic E-state index is 13.5. The molecule has 3 aliphatic rings. The molecule has 14 nitrogen and oxygen atoms in total. The smallest absolute Gasteiger partial charge is 0.306 e. The third-order valence-corrected chi connectivity index (χ3v) is 10.4. The minimum atomic E-state index is -0.852. The fraction of sp³-hybridized carbons (Fsp3) is 0.795. The zero-order valence-electron chi connectivity index (χ0n) is 32.3. The molecular formula is C39H63N3O11. The minimum absolute atomic E-state index is 0.0728. The van der Waals surface area contributed by atoms with Gasteiger partial charge in [-0.2, -0.15) is 0 Å². The molecular weight excluding hydrogens is 686 g/mol. The molecule has 1 saturated carbocycles. The van der Waals surface area contributed by atoms with E-state index in [9.17, 15) is 19.7 Å². The second-order valence-corrected chi connectivity index (χ2v) is 14.7. The monoisotopic (exact) mass is 749 g/mol. The second-order valence-electron chi connectivity index (χ2n) is 14.7. The Balaban J connectivity index is 1.51. The van der Waals surface area contributed by atoms with Gasteiger partial charge in [-0.1, -0.05) is 38.1 Å². The summed E-state index contributed by atoms with van der Waals surface area (Å²) in [5.41, 5.74) is 2.00. The highest BCUT2D eigenvalue weighted by Crippen LogP contribution is 2.37. The molecule has 0 radical (unpaired) electrons. The van der Waals surface area contributed by atoms with Gasteiger partial charge in [-0.25, -0.2) is 0 Å². The molecule has 2 aliphatic heterocycles. The highest BCUT2D eigenvalue weighted by molar-refractivity contribution is 5.76. The standard InChI is InChI=1S/C39H63N3O11/c1-5-9-38(44)53-36-24-41(37(43)10-7-20-52-42(45)46)23-35(39(36)32-14-11-30(12-15-32)27-49-26-29(3)25-48-6-2)51-28-31-13-16-34-33(22-31)40(18-21-50-34)17-8-19-47-4/h11-12,14-15,29,31,33-36,39H,5-10,13,16-28H2,1-4H3. The Morgan fingerprint density at radius 3 is 2.53 bits per heavy atom. The van der Waals surface area contributed by atoms with Crippen LogP contribution in [0.25, 0.3) is 0 Å². The average Bonchev–Trinajstić information content (AvgIpc) is 3.15. The minimum Gasteiger partial charge on any atom is -0.460 e. The van der Waals surface area contributed by atoms with Crippen molar-refractivity contribution in [1.82, 2.24) is 9.80 Å². The van der Waals surface area contributed by atoms with Crippen LogP contribution >= 0.6 is 0 Å². The van der Waals surface area contributed by atoms with E-state index in [4.69, 9.17) is 28.4 Å². The summed E-state index contributed by atoms with van der Waals surface area (Å²) in [5.74, 6) is -0.208. The molecule has 0 N–H and O–H groups in total. The first kappa shape index (κ1) is 42.9. The molecule has 7 atom stereocenters. The van der Waals surface area contributed by atoms with Crippen molar-refractivity contribution in [3.05, 3.63) is 45.5 Å². The van der Waals surface area contributed by atoms with Crippen LogP contribution in [0.5, 0.6) is 0 Å². The van der Waals surface area contributed by atoms with E-state index in [1.165, 1.54) is 0 Å². The zero-order valence-corrected chi connectivity index (χ0v) is 32.3. The van der Waals surface area contributed by atoms with Crippen molar-refractivity contribution in [2.24, 2.45) is 11.8 Å². The molecule has 14 heteroatoms. The molecule has 1 aromatic carbocycles. The lowest BCUT2D eigenvalue weighted by Crippen LogP contribution is -2.56.